The molecule has 0 spiro atoms. The maximum Gasteiger partial charge on any atom is 0.348 e. The van der Waals surface area contributed by atoms with Crippen molar-refractivity contribution in [3.63, 3.8) is 0 Å². The molecule has 1 atom stereocenters. The van der Waals surface area contributed by atoms with Gasteiger partial charge in [0.15, 0.2) is 0 Å². The van der Waals surface area contributed by atoms with E-state index in [1.165, 1.54) is 11.3 Å². The highest BCUT2D eigenvalue weighted by Crippen LogP contribution is 2.31. The SMILES string of the molecule is N[C@@H](COC(=O)c1ccc(-c2cccs2)s1)C(=O)O. The van der Waals surface area contributed by atoms with Crippen LogP contribution >= 0.6 is 22.7 Å². The first-order valence-corrected chi connectivity index (χ1v) is 7.07. The average Bonchev–Trinajstić information content (AvgIpc) is 3.04. The van der Waals surface area contributed by atoms with Gasteiger partial charge in [0.1, 0.15) is 17.5 Å². The smallest absolute Gasteiger partial charge is 0.348 e. The summed E-state index contributed by atoms with van der Waals surface area (Å²) in [6, 6.07) is 6.20. The summed E-state index contributed by atoms with van der Waals surface area (Å²) in [4.78, 5) is 24.7. The van der Waals surface area contributed by atoms with Crippen molar-refractivity contribution in [2.75, 3.05) is 6.61 Å². The maximum absolute atomic E-state index is 11.7. The fourth-order valence-electron chi connectivity index (χ4n) is 1.31. The van der Waals surface area contributed by atoms with Gasteiger partial charge in [0, 0.05) is 9.75 Å². The molecule has 2 aromatic heterocycles. The van der Waals surface area contributed by atoms with E-state index in [1.807, 2.05) is 23.6 Å². The molecule has 2 rings (SSSR count). The van der Waals surface area contributed by atoms with E-state index in [4.69, 9.17) is 15.6 Å². The summed E-state index contributed by atoms with van der Waals surface area (Å²) in [5.41, 5.74) is 5.25. The van der Waals surface area contributed by atoms with Crippen LogP contribution in [0.15, 0.2) is 29.6 Å². The number of esters is 1. The van der Waals surface area contributed by atoms with Gasteiger partial charge in [-0.3, -0.25) is 4.79 Å². The van der Waals surface area contributed by atoms with Crippen LogP contribution in [0.4, 0.5) is 0 Å². The number of aliphatic carboxylic acids is 1. The normalized spacial score (nSPS) is 12.1. The van der Waals surface area contributed by atoms with Crippen LogP contribution in [0.3, 0.4) is 0 Å². The van der Waals surface area contributed by atoms with E-state index >= 15 is 0 Å². The summed E-state index contributed by atoms with van der Waals surface area (Å²) >= 11 is 2.89. The first-order chi connectivity index (χ1) is 9.08. The van der Waals surface area contributed by atoms with Gasteiger partial charge < -0.3 is 15.6 Å². The van der Waals surface area contributed by atoms with E-state index in [-0.39, 0.29) is 6.61 Å². The van der Waals surface area contributed by atoms with Crippen molar-refractivity contribution < 1.29 is 19.4 Å². The van der Waals surface area contributed by atoms with Crippen molar-refractivity contribution in [2.24, 2.45) is 5.73 Å². The van der Waals surface area contributed by atoms with Crippen LogP contribution in [0.25, 0.3) is 9.75 Å². The van der Waals surface area contributed by atoms with E-state index in [2.05, 4.69) is 0 Å². The van der Waals surface area contributed by atoms with E-state index in [0.717, 1.165) is 9.75 Å². The molecule has 2 heterocycles. The fraction of sp³-hybridized carbons (Fsp3) is 0.167. The molecular formula is C12H11NO4S2. The largest absolute Gasteiger partial charge is 0.480 e. The molecule has 0 fully saturated rings. The predicted molar refractivity (Wildman–Crippen MR) is 73.5 cm³/mol. The Labute approximate surface area is 117 Å². The van der Waals surface area contributed by atoms with Gasteiger partial charge in [-0.2, -0.15) is 0 Å². The molecule has 0 bridgehead atoms. The molecule has 7 heteroatoms. The van der Waals surface area contributed by atoms with Crippen LogP contribution in [0.5, 0.6) is 0 Å². The van der Waals surface area contributed by atoms with Crippen molar-refractivity contribution in [3.05, 3.63) is 34.5 Å². The van der Waals surface area contributed by atoms with Crippen molar-refractivity contribution >= 4 is 34.6 Å². The predicted octanol–water partition coefficient (Wildman–Crippen LogP) is 2.05. The lowest BCUT2D eigenvalue weighted by atomic mass is 10.3. The molecule has 0 aliphatic carbocycles. The monoisotopic (exact) mass is 297 g/mol. The molecule has 0 aliphatic rings. The number of hydrogen-bond acceptors (Lipinski definition) is 6. The summed E-state index contributed by atoms with van der Waals surface area (Å²) in [5, 5.41) is 10.5. The Kier molecular flexibility index (Phi) is 4.31. The highest BCUT2D eigenvalue weighted by atomic mass is 32.1. The number of carboxylic acid groups (broad SMARTS) is 1. The molecule has 2 aromatic rings. The lowest BCUT2D eigenvalue weighted by molar-refractivity contribution is -0.139. The Balaban J connectivity index is 1.99. The van der Waals surface area contributed by atoms with Crippen LogP contribution in [0.2, 0.25) is 0 Å². The zero-order chi connectivity index (χ0) is 13.8. The van der Waals surface area contributed by atoms with Crippen molar-refractivity contribution in [2.45, 2.75) is 6.04 Å². The number of carbonyl (C=O) groups excluding carboxylic acids is 1. The third-order valence-corrected chi connectivity index (χ3v) is 4.41. The molecule has 0 radical (unpaired) electrons. The number of thiophene rings is 2. The molecule has 100 valence electrons. The Morgan fingerprint density at radius 2 is 2.11 bits per heavy atom. The van der Waals surface area contributed by atoms with E-state index in [0.29, 0.717) is 4.88 Å². The molecule has 0 saturated heterocycles. The minimum atomic E-state index is -1.20. The van der Waals surface area contributed by atoms with Gasteiger partial charge in [0.25, 0.3) is 0 Å². The third kappa shape index (κ3) is 3.40. The Morgan fingerprint density at radius 3 is 2.74 bits per heavy atom. The van der Waals surface area contributed by atoms with Gasteiger partial charge in [0.05, 0.1) is 0 Å². The van der Waals surface area contributed by atoms with Gasteiger partial charge in [-0.15, -0.1) is 22.7 Å². The molecule has 19 heavy (non-hydrogen) atoms. The van der Waals surface area contributed by atoms with Crippen LogP contribution < -0.4 is 5.73 Å². The minimum absolute atomic E-state index is 0.333. The molecule has 0 unspecified atom stereocenters. The summed E-state index contributed by atoms with van der Waals surface area (Å²) in [6.07, 6.45) is 0. The summed E-state index contributed by atoms with van der Waals surface area (Å²) in [5.74, 6) is -1.75. The van der Waals surface area contributed by atoms with Gasteiger partial charge >= 0.3 is 11.9 Å². The first-order valence-electron chi connectivity index (χ1n) is 5.37. The first kappa shape index (κ1) is 13.7. The highest BCUT2D eigenvalue weighted by molar-refractivity contribution is 7.22. The maximum atomic E-state index is 11.7. The molecule has 5 nitrogen and oxygen atoms in total. The summed E-state index contributed by atoms with van der Waals surface area (Å²) < 4.78 is 4.85. The second-order valence-corrected chi connectivity index (χ2v) is 5.72. The Morgan fingerprint density at radius 1 is 1.32 bits per heavy atom. The molecule has 0 saturated carbocycles. The number of carbonyl (C=O) groups is 2. The number of hydrogen-bond donors (Lipinski definition) is 2. The van der Waals surface area contributed by atoms with Crippen LogP contribution in [0.1, 0.15) is 9.67 Å². The second kappa shape index (κ2) is 5.96. The zero-order valence-corrected chi connectivity index (χ0v) is 11.4. The van der Waals surface area contributed by atoms with Gasteiger partial charge in [0.2, 0.25) is 0 Å². The van der Waals surface area contributed by atoms with E-state index in [1.54, 1.807) is 17.4 Å². The van der Waals surface area contributed by atoms with Crippen molar-refractivity contribution in [1.82, 2.24) is 0 Å². The zero-order valence-electron chi connectivity index (χ0n) is 9.74. The van der Waals surface area contributed by atoms with Crippen molar-refractivity contribution in [3.8, 4) is 9.75 Å². The Bertz CT molecular complexity index is 576. The lowest BCUT2D eigenvalue weighted by Crippen LogP contribution is -2.35. The molecule has 0 aliphatic heterocycles. The topological polar surface area (TPSA) is 89.6 Å². The minimum Gasteiger partial charge on any atom is -0.480 e. The number of ether oxygens (including phenoxy) is 1. The number of nitrogens with two attached hydrogens (primary N) is 1. The number of rotatable bonds is 5. The van der Waals surface area contributed by atoms with E-state index < -0.39 is 18.0 Å². The highest BCUT2D eigenvalue weighted by Gasteiger charge is 2.17. The Hall–Kier alpha value is -1.70. The van der Waals surface area contributed by atoms with Gasteiger partial charge in [-0.25, -0.2) is 4.79 Å². The van der Waals surface area contributed by atoms with Crippen LogP contribution in [-0.4, -0.2) is 29.7 Å². The standard InChI is InChI=1S/C12H11NO4S2/c13-7(11(14)15)6-17-12(16)10-4-3-9(19-10)8-2-1-5-18-8/h1-5,7H,6,13H2,(H,14,15)/t7-/m0/s1. The lowest BCUT2D eigenvalue weighted by Gasteiger charge is -2.06. The quantitative estimate of drug-likeness (QED) is 0.824. The fourth-order valence-corrected chi connectivity index (χ4v) is 3.04. The van der Waals surface area contributed by atoms with Gasteiger partial charge in [-0.1, -0.05) is 6.07 Å². The summed E-state index contributed by atoms with van der Waals surface area (Å²) in [6.45, 7) is -0.333. The molecule has 0 aromatic carbocycles. The van der Waals surface area contributed by atoms with E-state index in [9.17, 15) is 9.59 Å². The van der Waals surface area contributed by atoms with Crippen LogP contribution in [0, 0.1) is 0 Å². The molecular weight excluding hydrogens is 286 g/mol. The second-order valence-electron chi connectivity index (χ2n) is 3.68. The third-order valence-electron chi connectivity index (χ3n) is 2.28. The van der Waals surface area contributed by atoms with Crippen LogP contribution in [-0.2, 0) is 9.53 Å². The molecule has 3 N–H and O–H groups in total. The van der Waals surface area contributed by atoms with Crippen molar-refractivity contribution in [1.29, 1.82) is 0 Å². The summed E-state index contributed by atoms with van der Waals surface area (Å²) in [7, 11) is 0. The average molecular weight is 297 g/mol. The molecule has 0 amide bonds. The van der Waals surface area contributed by atoms with Gasteiger partial charge in [-0.05, 0) is 23.6 Å². The number of carboxylic acids is 1.